The summed E-state index contributed by atoms with van der Waals surface area (Å²) in [5, 5.41) is 0. The van der Waals surface area contributed by atoms with E-state index in [1.165, 1.54) is 6.08 Å². The molecule has 0 aliphatic heterocycles. The third-order valence-corrected chi connectivity index (χ3v) is 5.50. The van der Waals surface area contributed by atoms with Crippen LogP contribution in [0.5, 0.6) is 0 Å². The van der Waals surface area contributed by atoms with Gasteiger partial charge in [-0.15, -0.1) is 0 Å². The van der Waals surface area contributed by atoms with Crippen molar-refractivity contribution in [1.82, 2.24) is 0 Å². The van der Waals surface area contributed by atoms with E-state index in [0.717, 1.165) is 32.1 Å². The number of hydrogen-bond donors (Lipinski definition) is 0. The van der Waals surface area contributed by atoms with Crippen LogP contribution in [0.25, 0.3) is 4.85 Å². The third-order valence-electron chi connectivity index (χ3n) is 5.50. The van der Waals surface area contributed by atoms with E-state index in [-0.39, 0.29) is 17.1 Å². The van der Waals surface area contributed by atoms with Crippen molar-refractivity contribution in [2.75, 3.05) is 0 Å². The highest BCUT2D eigenvalue weighted by atomic mass is 16.6. The molecule has 4 saturated carbocycles. The summed E-state index contributed by atoms with van der Waals surface area (Å²) in [5.74, 6) is 1.08. The van der Waals surface area contributed by atoms with Gasteiger partial charge < -0.3 is 9.58 Å². The van der Waals surface area contributed by atoms with E-state index in [4.69, 9.17) is 11.3 Å². The van der Waals surface area contributed by atoms with Crippen LogP contribution in [0, 0.1) is 24.3 Å². The van der Waals surface area contributed by atoms with Gasteiger partial charge in [-0.2, -0.15) is 0 Å². The Balaban J connectivity index is 1.90. The Labute approximate surface area is 108 Å². The standard InChI is InChI=1S/C15H19NO2/c1-4-13(17)18-14(2)11-5-10-6-12(14)9-15(7-10,8-11)16-3/h4,10-12H,1,5-9H2,2H3. The smallest absolute Gasteiger partial charge is 0.330 e. The maximum Gasteiger partial charge on any atom is 0.330 e. The summed E-state index contributed by atoms with van der Waals surface area (Å²) in [6.07, 6.45) is 6.37. The minimum Gasteiger partial charge on any atom is -0.456 e. The second kappa shape index (κ2) is 3.60. The van der Waals surface area contributed by atoms with Crippen LogP contribution in [0.15, 0.2) is 12.7 Å². The molecule has 4 rings (SSSR count). The van der Waals surface area contributed by atoms with Crippen LogP contribution < -0.4 is 0 Å². The van der Waals surface area contributed by atoms with Gasteiger partial charge in [0.05, 0.1) is 0 Å². The number of nitrogens with zero attached hydrogens (tertiary/aromatic N) is 1. The summed E-state index contributed by atoms with van der Waals surface area (Å²) in [6, 6.07) is 0. The second-order valence-electron chi connectivity index (χ2n) is 6.49. The van der Waals surface area contributed by atoms with Crippen molar-refractivity contribution >= 4 is 5.97 Å². The molecule has 0 radical (unpaired) electrons. The predicted molar refractivity (Wildman–Crippen MR) is 67.6 cm³/mol. The van der Waals surface area contributed by atoms with Gasteiger partial charge in [0, 0.05) is 37.2 Å². The first-order valence-electron chi connectivity index (χ1n) is 6.75. The number of hydrogen-bond acceptors (Lipinski definition) is 2. The zero-order chi connectivity index (χ0) is 13.0. The van der Waals surface area contributed by atoms with Gasteiger partial charge in [-0.3, -0.25) is 0 Å². The number of carbonyl (C=O) groups excluding carboxylic acids is 1. The summed E-state index contributed by atoms with van der Waals surface area (Å²) < 4.78 is 5.69. The largest absolute Gasteiger partial charge is 0.456 e. The molecule has 3 nitrogen and oxygen atoms in total. The first-order chi connectivity index (χ1) is 8.51. The molecule has 0 spiro atoms. The Bertz CT molecular complexity index is 432. The van der Waals surface area contributed by atoms with Crippen LogP contribution >= 0.6 is 0 Å². The maximum atomic E-state index is 11.6. The summed E-state index contributed by atoms with van der Waals surface area (Å²) in [7, 11) is 0. The van der Waals surface area contributed by atoms with Crippen molar-refractivity contribution in [3.05, 3.63) is 24.1 Å². The van der Waals surface area contributed by atoms with E-state index in [1.807, 2.05) is 0 Å². The van der Waals surface area contributed by atoms with Crippen LogP contribution in [-0.2, 0) is 9.53 Å². The fourth-order valence-electron chi connectivity index (χ4n) is 4.71. The molecule has 0 N–H and O–H groups in total. The average molecular weight is 245 g/mol. The molecule has 0 heterocycles. The van der Waals surface area contributed by atoms with Gasteiger partial charge >= 0.3 is 5.97 Å². The first-order valence-corrected chi connectivity index (χ1v) is 6.75. The van der Waals surface area contributed by atoms with Crippen LogP contribution in [0.3, 0.4) is 0 Å². The van der Waals surface area contributed by atoms with Crippen molar-refractivity contribution in [2.45, 2.75) is 50.2 Å². The average Bonchev–Trinajstić information content (AvgIpc) is 2.35. The van der Waals surface area contributed by atoms with E-state index < -0.39 is 0 Å². The third kappa shape index (κ3) is 1.44. The van der Waals surface area contributed by atoms with E-state index >= 15 is 0 Å². The van der Waals surface area contributed by atoms with Gasteiger partial charge in [0.2, 0.25) is 5.54 Å². The zero-order valence-corrected chi connectivity index (χ0v) is 10.8. The zero-order valence-electron chi connectivity index (χ0n) is 10.8. The Kier molecular flexibility index (Phi) is 2.35. The Morgan fingerprint density at radius 2 is 2.00 bits per heavy atom. The minimum atomic E-state index is -0.365. The fourth-order valence-corrected chi connectivity index (χ4v) is 4.71. The van der Waals surface area contributed by atoms with Gasteiger partial charge in [-0.25, -0.2) is 11.4 Å². The Morgan fingerprint density at radius 3 is 2.50 bits per heavy atom. The second-order valence-corrected chi connectivity index (χ2v) is 6.49. The quantitative estimate of drug-likeness (QED) is 0.425. The predicted octanol–water partition coefficient (Wildman–Crippen LogP) is 2.97. The van der Waals surface area contributed by atoms with Crippen molar-refractivity contribution in [2.24, 2.45) is 17.8 Å². The molecular weight excluding hydrogens is 226 g/mol. The van der Waals surface area contributed by atoms with Crippen LogP contribution in [0.2, 0.25) is 0 Å². The molecule has 0 saturated heterocycles. The molecule has 0 amide bonds. The molecule has 0 aromatic heterocycles. The van der Waals surface area contributed by atoms with Crippen molar-refractivity contribution < 1.29 is 9.53 Å². The molecule has 3 heteroatoms. The van der Waals surface area contributed by atoms with E-state index in [0.29, 0.717) is 17.8 Å². The summed E-state index contributed by atoms with van der Waals surface area (Å²) in [6.45, 7) is 13.0. The lowest BCUT2D eigenvalue weighted by Gasteiger charge is -2.59. The van der Waals surface area contributed by atoms with Crippen molar-refractivity contribution in [1.29, 1.82) is 0 Å². The highest BCUT2D eigenvalue weighted by molar-refractivity contribution is 5.81. The first kappa shape index (κ1) is 11.8. The van der Waals surface area contributed by atoms with Gasteiger partial charge in [-0.1, -0.05) is 6.58 Å². The van der Waals surface area contributed by atoms with E-state index in [1.54, 1.807) is 0 Å². The highest BCUT2D eigenvalue weighted by Gasteiger charge is 2.65. The van der Waals surface area contributed by atoms with E-state index in [9.17, 15) is 4.79 Å². The summed E-state index contributed by atoms with van der Waals surface area (Å²) in [4.78, 5) is 15.5. The molecule has 18 heavy (non-hydrogen) atoms. The molecule has 4 aliphatic carbocycles. The molecule has 2 unspecified atom stereocenters. The molecule has 0 aromatic rings. The highest BCUT2D eigenvalue weighted by Crippen LogP contribution is 2.62. The van der Waals surface area contributed by atoms with Crippen molar-refractivity contribution in [3.8, 4) is 0 Å². The SMILES string of the molecule is [C-]#[N+]C12CC3CC(C1)C(C)(OC(=O)C=C)C(C3)C2. The lowest BCUT2D eigenvalue weighted by atomic mass is 9.47. The molecule has 0 aromatic carbocycles. The minimum absolute atomic E-state index is 0.142. The van der Waals surface area contributed by atoms with Gasteiger partial charge in [0.15, 0.2) is 0 Å². The lowest BCUT2D eigenvalue weighted by Crippen LogP contribution is -2.62. The summed E-state index contributed by atoms with van der Waals surface area (Å²) >= 11 is 0. The fraction of sp³-hybridized carbons (Fsp3) is 0.733. The van der Waals surface area contributed by atoms with Gasteiger partial charge in [-0.05, 0) is 25.7 Å². The molecule has 96 valence electrons. The number of ether oxygens (including phenoxy) is 1. The molecule has 4 bridgehead atoms. The molecule has 4 aliphatic rings. The monoisotopic (exact) mass is 245 g/mol. The number of carbonyl (C=O) groups is 1. The summed E-state index contributed by atoms with van der Waals surface area (Å²) in [5.41, 5.74) is -0.507. The normalized spacial score (nSPS) is 48.6. The lowest BCUT2D eigenvalue weighted by molar-refractivity contribution is -0.198. The number of rotatable bonds is 2. The molecule has 4 fully saturated rings. The molecular formula is C15H19NO2. The van der Waals surface area contributed by atoms with E-state index in [2.05, 4.69) is 18.3 Å². The Hall–Kier alpha value is -1.30. The van der Waals surface area contributed by atoms with Gasteiger partial charge in [0.25, 0.3) is 0 Å². The van der Waals surface area contributed by atoms with Crippen LogP contribution in [0.1, 0.15) is 39.0 Å². The van der Waals surface area contributed by atoms with Crippen LogP contribution in [0.4, 0.5) is 0 Å². The maximum absolute atomic E-state index is 11.6. The Morgan fingerprint density at radius 1 is 1.39 bits per heavy atom. The topological polar surface area (TPSA) is 30.7 Å². The molecule has 2 atom stereocenters. The number of esters is 1. The van der Waals surface area contributed by atoms with Crippen LogP contribution in [-0.4, -0.2) is 17.1 Å². The van der Waals surface area contributed by atoms with Gasteiger partial charge in [0.1, 0.15) is 5.60 Å². The van der Waals surface area contributed by atoms with Crippen molar-refractivity contribution in [3.63, 3.8) is 0 Å².